The molecule has 5 heteroatoms. The molecule has 0 radical (unpaired) electrons. The highest BCUT2D eigenvalue weighted by molar-refractivity contribution is 5.96. The largest absolute Gasteiger partial charge is 0.478 e. The minimum atomic E-state index is -1.01. The smallest absolute Gasteiger partial charge is 0.336 e. The number of aromatic carboxylic acids is 1. The lowest BCUT2D eigenvalue weighted by Crippen LogP contribution is -2.01. The highest BCUT2D eigenvalue weighted by Crippen LogP contribution is 2.39. The van der Waals surface area contributed by atoms with Crippen molar-refractivity contribution < 1.29 is 24.5 Å². The topological polar surface area (TPSA) is 76.0 Å². The summed E-state index contributed by atoms with van der Waals surface area (Å²) in [4.78, 5) is 11.3. The Morgan fingerprint density at radius 2 is 1.80 bits per heavy atom. The number of aliphatic hydroxyl groups excluding tert-OH is 1. The van der Waals surface area contributed by atoms with Crippen molar-refractivity contribution in [3.8, 4) is 22.6 Å². The zero-order valence-electron chi connectivity index (χ0n) is 10.5. The monoisotopic (exact) mass is 272 g/mol. The maximum atomic E-state index is 11.3. The van der Waals surface area contributed by atoms with E-state index in [4.69, 9.17) is 9.47 Å². The zero-order valence-corrected chi connectivity index (χ0v) is 10.5. The molecule has 1 aliphatic heterocycles. The van der Waals surface area contributed by atoms with Crippen LogP contribution >= 0.6 is 0 Å². The minimum Gasteiger partial charge on any atom is -0.478 e. The van der Waals surface area contributed by atoms with E-state index in [1.807, 2.05) is 0 Å². The number of rotatable bonds is 3. The van der Waals surface area contributed by atoms with E-state index in [9.17, 15) is 15.0 Å². The average molecular weight is 272 g/mol. The third kappa shape index (κ3) is 1.98. The molecule has 0 saturated heterocycles. The maximum absolute atomic E-state index is 11.3. The van der Waals surface area contributed by atoms with Gasteiger partial charge in [-0.15, -0.1) is 0 Å². The average Bonchev–Trinajstić information content (AvgIpc) is 2.93. The van der Waals surface area contributed by atoms with Gasteiger partial charge in [-0.2, -0.15) is 0 Å². The summed E-state index contributed by atoms with van der Waals surface area (Å²) in [5.41, 5.74) is 1.96. The number of ether oxygens (including phenoxy) is 2. The Morgan fingerprint density at radius 3 is 2.50 bits per heavy atom. The van der Waals surface area contributed by atoms with Crippen molar-refractivity contribution in [2.45, 2.75) is 6.61 Å². The van der Waals surface area contributed by atoms with Gasteiger partial charge in [0.25, 0.3) is 0 Å². The van der Waals surface area contributed by atoms with Crippen LogP contribution in [0.15, 0.2) is 36.4 Å². The zero-order chi connectivity index (χ0) is 14.1. The van der Waals surface area contributed by atoms with Gasteiger partial charge in [0, 0.05) is 0 Å². The first-order chi connectivity index (χ1) is 9.70. The second-order valence-electron chi connectivity index (χ2n) is 4.37. The van der Waals surface area contributed by atoms with Crippen LogP contribution in [0.4, 0.5) is 0 Å². The first kappa shape index (κ1) is 12.5. The van der Waals surface area contributed by atoms with E-state index in [1.54, 1.807) is 30.3 Å². The van der Waals surface area contributed by atoms with E-state index in [0.717, 1.165) is 0 Å². The number of benzene rings is 2. The molecular formula is C15H12O5. The molecule has 2 aromatic rings. The maximum Gasteiger partial charge on any atom is 0.336 e. The predicted molar refractivity (Wildman–Crippen MR) is 70.9 cm³/mol. The van der Waals surface area contributed by atoms with Gasteiger partial charge in [0.15, 0.2) is 11.5 Å². The number of carboxylic acid groups (broad SMARTS) is 1. The molecule has 102 valence electrons. The van der Waals surface area contributed by atoms with E-state index in [2.05, 4.69) is 0 Å². The fourth-order valence-corrected chi connectivity index (χ4v) is 2.27. The highest BCUT2D eigenvalue weighted by Gasteiger charge is 2.20. The van der Waals surface area contributed by atoms with E-state index >= 15 is 0 Å². The molecule has 0 amide bonds. The van der Waals surface area contributed by atoms with Crippen LogP contribution in [0.5, 0.6) is 11.5 Å². The fourth-order valence-electron chi connectivity index (χ4n) is 2.27. The molecular weight excluding hydrogens is 260 g/mol. The van der Waals surface area contributed by atoms with Crippen LogP contribution in [0.2, 0.25) is 0 Å². The Balaban J connectivity index is 2.22. The third-order valence-electron chi connectivity index (χ3n) is 3.22. The molecule has 0 saturated carbocycles. The van der Waals surface area contributed by atoms with Crippen molar-refractivity contribution in [1.82, 2.24) is 0 Å². The molecule has 0 aliphatic carbocycles. The van der Waals surface area contributed by atoms with Crippen LogP contribution in [0.1, 0.15) is 15.9 Å². The van der Waals surface area contributed by atoms with Crippen LogP contribution < -0.4 is 9.47 Å². The lowest BCUT2D eigenvalue weighted by atomic mass is 9.95. The lowest BCUT2D eigenvalue weighted by molar-refractivity contribution is 0.0697. The van der Waals surface area contributed by atoms with Gasteiger partial charge in [-0.3, -0.25) is 0 Å². The van der Waals surface area contributed by atoms with Crippen LogP contribution in [-0.2, 0) is 6.61 Å². The molecule has 2 aromatic carbocycles. The molecule has 0 spiro atoms. The van der Waals surface area contributed by atoms with E-state index in [0.29, 0.717) is 28.2 Å². The second-order valence-corrected chi connectivity index (χ2v) is 4.37. The number of hydrogen-bond donors (Lipinski definition) is 2. The number of fused-ring (bicyclic) bond motifs is 1. The molecule has 20 heavy (non-hydrogen) atoms. The molecule has 0 fully saturated rings. The number of hydrogen-bond acceptors (Lipinski definition) is 4. The third-order valence-corrected chi connectivity index (χ3v) is 3.22. The standard InChI is InChI=1S/C15H12O5/c16-7-9-5-13-14(20-8-19-13)6-12(9)10-3-1-2-4-11(10)15(17)18/h1-6,16H,7-8H2,(H,17,18). The molecule has 1 heterocycles. The van der Waals surface area contributed by atoms with Crippen molar-refractivity contribution in [2.75, 3.05) is 6.79 Å². The first-order valence-corrected chi connectivity index (χ1v) is 6.07. The molecule has 0 bridgehead atoms. The molecule has 0 atom stereocenters. The van der Waals surface area contributed by atoms with Gasteiger partial charge in [-0.25, -0.2) is 4.79 Å². The summed E-state index contributed by atoms with van der Waals surface area (Å²) in [6, 6.07) is 10.0. The van der Waals surface area contributed by atoms with Crippen LogP contribution in [-0.4, -0.2) is 23.0 Å². The van der Waals surface area contributed by atoms with E-state index in [-0.39, 0.29) is 19.0 Å². The second kappa shape index (κ2) is 4.86. The summed E-state index contributed by atoms with van der Waals surface area (Å²) in [5.74, 6) is 0.102. The lowest BCUT2D eigenvalue weighted by Gasteiger charge is -2.11. The van der Waals surface area contributed by atoms with Crippen LogP contribution in [0, 0.1) is 0 Å². The molecule has 0 unspecified atom stereocenters. The Hall–Kier alpha value is -2.53. The molecule has 2 N–H and O–H groups in total. The molecule has 5 nitrogen and oxygen atoms in total. The quantitative estimate of drug-likeness (QED) is 0.896. The van der Waals surface area contributed by atoms with Crippen molar-refractivity contribution in [3.05, 3.63) is 47.5 Å². The van der Waals surface area contributed by atoms with E-state index < -0.39 is 5.97 Å². The number of aliphatic hydroxyl groups is 1. The van der Waals surface area contributed by atoms with E-state index in [1.165, 1.54) is 6.07 Å². The van der Waals surface area contributed by atoms with Crippen molar-refractivity contribution >= 4 is 5.97 Å². The molecule has 1 aliphatic rings. The van der Waals surface area contributed by atoms with Gasteiger partial charge in [0.2, 0.25) is 6.79 Å². The molecule has 0 aromatic heterocycles. The summed E-state index contributed by atoms with van der Waals surface area (Å²) in [6.07, 6.45) is 0. The highest BCUT2D eigenvalue weighted by atomic mass is 16.7. The normalized spacial score (nSPS) is 12.4. The summed E-state index contributed by atoms with van der Waals surface area (Å²) in [7, 11) is 0. The number of carboxylic acids is 1. The van der Waals surface area contributed by atoms with Crippen molar-refractivity contribution in [2.24, 2.45) is 0 Å². The predicted octanol–water partition coefficient (Wildman–Crippen LogP) is 2.27. The van der Waals surface area contributed by atoms with Gasteiger partial charge >= 0.3 is 5.97 Å². The number of carbonyl (C=O) groups is 1. The van der Waals surface area contributed by atoms with Gasteiger partial charge in [-0.1, -0.05) is 18.2 Å². The Bertz CT molecular complexity index is 678. The first-order valence-electron chi connectivity index (χ1n) is 6.07. The summed E-state index contributed by atoms with van der Waals surface area (Å²) >= 11 is 0. The van der Waals surface area contributed by atoms with Gasteiger partial charge < -0.3 is 19.7 Å². The summed E-state index contributed by atoms with van der Waals surface area (Å²) in [6.45, 7) is -0.0792. The summed E-state index contributed by atoms with van der Waals surface area (Å²) < 4.78 is 10.6. The van der Waals surface area contributed by atoms with Gasteiger partial charge in [0.05, 0.1) is 12.2 Å². The Morgan fingerprint density at radius 1 is 1.10 bits per heavy atom. The molecule has 3 rings (SSSR count). The summed E-state index contributed by atoms with van der Waals surface area (Å²) in [5, 5.41) is 18.8. The Labute approximate surface area is 115 Å². The van der Waals surface area contributed by atoms with Crippen molar-refractivity contribution in [3.63, 3.8) is 0 Å². The SMILES string of the molecule is O=C(O)c1ccccc1-c1cc2c(cc1CO)OCO2. The van der Waals surface area contributed by atoms with Crippen LogP contribution in [0.3, 0.4) is 0 Å². The van der Waals surface area contributed by atoms with Crippen molar-refractivity contribution in [1.29, 1.82) is 0 Å². The van der Waals surface area contributed by atoms with Gasteiger partial charge in [0.1, 0.15) is 0 Å². The Kier molecular flexibility index (Phi) is 3.04. The fraction of sp³-hybridized carbons (Fsp3) is 0.133. The van der Waals surface area contributed by atoms with Crippen LogP contribution in [0.25, 0.3) is 11.1 Å². The van der Waals surface area contributed by atoms with Gasteiger partial charge in [-0.05, 0) is 34.9 Å². The minimum absolute atomic E-state index is 0.129.